The lowest BCUT2D eigenvalue weighted by Gasteiger charge is -1.96. The number of hydrogen-bond acceptors (Lipinski definition) is 5. The minimum atomic E-state index is -0.497. The average Bonchev–Trinajstić information content (AvgIpc) is 2.34. The Morgan fingerprint density at radius 1 is 1.53 bits per heavy atom. The Labute approximate surface area is 98.7 Å². The lowest BCUT2D eigenvalue weighted by Crippen LogP contribution is -1.97. The largest absolute Gasteiger partial charge is 0.359 e. The summed E-state index contributed by atoms with van der Waals surface area (Å²) in [6, 6.07) is 2.89. The number of ether oxygens (including phenoxy) is 2. The van der Waals surface area contributed by atoms with Crippen LogP contribution in [0.2, 0.25) is 0 Å². The molecule has 0 aromatic carbocycles. The number of rotatable bonds is 5. The summed E-state index contributed by atoms with van der Waals surface area (Å²) >= 11 is 0. The first kappa shape index (κ1) is 13.1. The van der Waals surface area contributed by atoms with Gasteiger partial charge in [-0.25, -0.2) is 4.98 Å². The van der Waals surface area contributed by atoms with Crippen LogP contribution in [-0.2, 0) is 9.47 Å². The van der Waals surface area contributed by atoms with Gasteiger partial charge in [0.25, 0.3) is 5.69 Å². The van der Waals surface area contributed by atoms with E-state index in [0.29, 0.717) is 18.7 Å². The summed E-state index contributed by atoms with van der Waals surface area (Å²) in [4.78, 5) is 13.7. The highest BCUT2D eigenvalue weighted by atomic mass is 16.7. The lowest BCUT2D eigenvalue weighted by molar-refractivity contribution is -0.385. The van der Waals surface area contributed by atoms with Gasteiger partial charge in [0.15, 0.2) is 0 Å². The molecule has 6 nitrogen and oxygen atoms in total. The highest BCUT2D eigenvalue weighted by Crippen LogP contribution is 2.07. The van der Waals surface area contributed by atoms with Crippen LogP contribution in [0.15, 0.2) is 18.3 Å². The molecular formula is C11H12N2O4. The highest BCUT2D eigenvalue weighted by Gasteiger charge is 2.03. The summed E-state index contributed by atoms with van der Waals surface area (Å²) in [5.74, 6) is 5.63. The van der Waals surface area contributed by atoms with Gasteiger partial charge < -0.3 is 9.47 Å². The normalized spacial score (nSPS) is 9.47. The zero-order valence-electron chi connectivity index (χ0n) is 9.38. The first-order chi connectivity index (χ1) is 8.24. The fraction of sp³-hybridized carbons (Fsp3) is 0.364. The average molecular weight is 236 g/mol. The maximum atomic E-state index is 10.4. The van der Waals surface area contributed by atoms with Gasteiger partial charge in [-0.1, -0.05) is 5.92 Å². The molecule has 6 heteroatoms. The van der Waals surface area contributed by atoms with Crippen LogP contribution in [0.25, 0.3) is 0 Å². The maximum Gasteiger partial charge on any atom is 0.287 e. The van der Waals surface area contributed by atoms with Crippen molar-refractivity contribution in [2.45, 2.75) is 6.42 Å². The van der Waals surface area contributed by atoms with Crippen molar-refractivity contribution in [3.8, 4) is 11.8 Å². The van der Waals surface area contributed by atoms with E-state index in [1.165, 1.54) is 18.3 Å². The molecular weight excluding hydrogens is 224 g/mol. The van der Waals surface area contributed by atoms with Crippen LogP contribution in [0, 0.1) is 22.0 Å². The summed E-state index contributed by atoms with van der Waals surface area (Å²) in [6.07, 6.45) is 1.74. The van der Waals surface area contributed by atoms with Crippen molar-refractivity contribution in [1.82, 2.24) is 4.98 Å². The van der Waals surface area contributed by atoms with Crippen LogP contribution < -0.4 is 0 Å². The Hall–Kier alpha value is -1.97. The quantitative estimate of drug-likeness (QED) is 0.253. The van der Waals surface area contributed by atoms with E-state index in [-0.39, 0.29) is 12.5 Å². The van der Waals surface area contributed by atoms with Crippen molar-refractivity contribution in [2.75, 3.05) is 20.5 Å². The molecule has 0 aliphatic heterocycles. The molecule has 0 fully saturated rings. The van der Waals surface area contributed by atoms with Gasteiger partial charge in [0.2, 0.25) is 0 Å². The van der Waals surface area contributed by atoms with Crippen LogP contribution >= 0.6 is 0 Å². The molecule has 0 radical (unpaired) electrons. The molecule has 1 heterocycles. The van der Waals surface area contributed by atoms with Crippen molar-refractivity contribution >= 4 is 5.69 Å². The van der Waals surface area contributed by atoms with Crippen LogP contribution in [0.5, 0.6) is 0 Å². The Morgan fingerprint density at radius 3 is 2.94 bits per heavy atom. The second-order valence-electron chi connectivity index (χ2n) is 3.03. The van der Waals surface area contributed by atoms with E-state index in [2.05, 4.69) is 16.8 Å². The van der Waals surface area contributed by atoms with Gasteiger partial charge in [-0.2, -0.15) is 0 Å². The number of nitro groups is 1. The van der Waals surface area contributed by atoms with Gasteiger partial charge in [-0.05, 0) is 12.0 Å². The third kappa shape index (κ3) is 5.06. The smallest absolute Gasteiger partial charge is 0.287 e. The van der Waals surface area contributed by atoms with Gasteiger partial charge in [-0.3, -0.25) is 10.1 Å². The third-order valence-electron chi connectivity index (χ3n) is 1.75. The van der Waals surface area contributed by atoms with Crippen molar-refractivity contribution in [1.29, 1.82) is 0 Å². The Balaban J connectivity index is 2.41. The van der Waals surface area contributed by atoms with Crippen molar-refractivity contribution in [3.05, 3.63) is 34.1 Å². The van der Waals surface area contributed by atoms with Crippen molar-refractivity contribution < 1.29 is 14.4 Å². The summed E-state index contributed by atoms with van der Waals surface area (Å²) in [5, 5.41) is 10.4. The van der Waals surface area contributed by atoms with E-state index in [4.69, 9.17) is 9.47 Å². The number of pyridine rings is 1. The summed E-state index contributed by atoms with van der Waals surface area (Å²) in [6.45, 7) is 0.727. The summed E-state index contributed by atoms with van der Waals surface area (Å²) in [7, 11) is 1.55. The number of hydrogen-bond donors (Lipinski definition) is 0. The Bertz CT molecular complexity index is 419. The fourth-order valence-electron chi connectivity index (χ4n) is 0.987. The standard InChI is InChI=1S/C11H12N2O4/c1-16-9-17-7-3-2-4-10-5-6-11(8-12-10)13(14)15/h5-6,8H,3,7,9H2,1H3. The molecule has 0 bridgehead atoms. The van der Waals surface area contributed by atoms with Gasteiger partial charge >= 0.3 is 0 Å². The lowest BCUT2D eigenvalue weighted by atomic mass is 10.3. The Kier molecular flexibility index (Phi) is 5.64. The molecule has 0 aliphatic rings. The molecule has 0 amide bonds. The zero-order chi connectivity index (χ0) is 12.5. The number of methoxy groups -OCH3 is 1. The van der Waals surface area contributed by atoms with Gasteiger partial charge in [0, 0.05) is 19.6 Å². The predicted octanol–water partition coefficient (Wildman–Crippen LogP) is 1.35. The number of aromatic nitrogens is 1. The van der Waals surface area contributed by atoms with Crippen LogP contribution in [0.4, 0.5) is 5.69 Å². The van der Waals surface area contributed by atoms with Crippen molar-refractivity contribution in [2.24, 2.45) is 0 Å². The number of nitrogens with zero attached hydrogens (tertiary/aromatic N) is 2. The van der Waals surface area contributed by atoms with E-state index in [1.54, 1.807) is 7.11 Å². The highest BCUT2D eigenvalue weighted by molar-refractivity contribution is 5.34. The first-order valence-electron chi connectivity index (χ1n) is 4.90. The van der Waals surface area contributed by atoms with Gasteiger partial charge in [0.05, 0.1) is 11.5 Å². The van der Waals surface area contributed by atoms with Crippen LogP contribution in [0.1, 0.15) is 12.1 Å². The minimum absolute atomic E-state index is 0.0426. The molecule has 0 unspecified atom stereocenters. The minimum Gasteiger partial charge on any atom is -0.359 e. The molecule has 0 N–H and O–H groups in total. The second kappa shape index (κ2) is 7.33. The van der Waals surface area contributed by atoms with Crippen LogP contribution in [-0.4, -0.2) is 30.4 Å². The molecule has 1 rings (SSSR count). The zero-order valence-corrected chi connectivity index (χ0v) is 9.38. The fourth-order valence-corrected chi connectivity index (χ4v) is 0.987. The van der Waals surface area contributed by atoms with Crippen molar-refractivity contribution in [3.63, 3.8) is 0 Å². The Morgan fingerprint density at radius 2 is 2.35 bits per heavy atom. The topological polar surface area (TPSA) is 74.5 Å². The predicted molar refractivity (Wildman–Crippen MR) is 60.2 cm³/mol. The van der Waals surface area contributed by atoms with Crippen LogP contribution in [0.3, 0.4) is 0 Å². The molecule has 0 saturated carbocycles. The SMILES string of the molecule is COCOCCC#Cc1ccc([N+](=O)[O-])cn1. The molecule has 0 atom stereocenters. The third-order valence-corrected chi connectivity index (χ3v) is 1.75. The molecule has 1 aromatic heterocycles. The first-order valence-corrected chi connectivity index (χ1v) is 4.90. The molecule has 17 heavy (non-hydrogen) atoms. The summed E-state index contributed by atoms with van der Waals surface area (Å²) < 4.78 is 9.73. The summed E-state index contributed by atoms with van der Waals surface area (Å²) in [5.41, 5.74) is 0.460. The van der Waals surface area contributed by atoms with E-state index >= 15 is 0 Å². The van der Waals surface area contributed by atoms with E-state index in [1.807, 2.05) is 0 Å². The monoisotopic (exact) mass is 236 g/mol. The molecule has 0 spiro atoms. The van der Waals surface area contributed by atoms with Gasteiger partial charge in [-0.15, -0.1) is 0 Å². The second-order valence-corrected chi connectivity index (χ2v) is 3.03. The molecule has 1 aromatic rings. The molecule has 0 saturated heterocycles. The maximum absolute atomic E-state index is 10.4. The van der Waals surface area contributed by atoms with E-state index in [9.17, 15) is 10.1 Å². The van der Waals surface area contributed by atoms with E-state index < -0.39 is 4.92 Å². The molecule has 90 valence electrons. The van der Waals surface area contributed by atoms with Gasteiger partial charge in [0.1, 0.15) is 18.7 Å². The molecule has 0 aliphatic carbocycles. The van der Waals surface area contributed by atoms with E-state index in [0.717, 1.165) is 0 Å².